The van der Waals surface area contributed by atoms with Gasteiger partial charge in [-0.1, -0.05) is 37.5 Å². The second-order valence-corrected chi connectivity index (χ2v) is 5.64. The Labute approximate surface area is 111 Å². The molecule has 2 N–H and O–H groups in total. The summed E-state index contributed by atoms with van der Waals surface area (Å²) in [6, 6.07) is 9.28. The van der Waals surface area contributed by atoms with E-state index in [-0.39, 0.29) is 0 Å². The minimum Gasteiger partial charge on any atom is -0.371 e. The molecule has 1 aromatic carbocycles. The molecule has 1 saturated heterocycles. The van der Waals surface area contributed by atoms with E-state index in [1.54, 1.807) is 0 Å². The third-order valence-electron chi connectivity index (χ3n) is 4.12. The van der Waals surface area contributed by atoms with Crippen LogP contribution in [0.3, 0.4) is 0 Å². The first-order valence-electron chi connectivity index (χ1n) is 7.28. The average Bonchev–Trinajstić information content (AvgIpc) is 2.39. The van der Waals surface area contributed by atoms with E-state index >= 15 is 0 Å². The van der Waals surface area contributed by atoms with Gasteiger partial charge >= 0.3 is 0 Å². The summed E-state index contributed by atoms with van der Waals surface area (Å²) in [5.74, 6) is 0.667. The van der Waals surface area contributed by atoms with Crippen LogP contribution in [0, 0.1) is 12.8 Å². The van der Waals surface area contributed by atoms with Crippen LogP contribution < -0.4 is 10.6 Å². The minimum absolute atomic E-state index is 0.401. The van der Waals surface area contributed by atoms with Crippen molar-refractivity contribution in [2.45, 2.75) is 45.6 Å². The molecule has 0 aromatic heterocycles. The van der Waals surface area contributed by atoms with Gasteiger partial charge in [0.1, 0.15) is 0 Å². The topological polar surface area (TPSA) is 29.3 Å². The molecule has 2 heteroatoms. The van der Waals surface area contributed by atoms with Crippen molar-refractivity contribution in [1.29, 1.82) is 0 Å². The van der Waals surface area contributed by atoms with Gasteiger partial charge in [0.05, 0.1) is 0 Å². The fourth-order valence-electron chi connectivity index (χ4n) is 2.81. The van der Waals surface area contributed by atoms with Crippen LogP contribution in [0.4, 0.5) is 5.69 Å². The van der Waals surface area contributed by atoms with E-state index < -0.39 is 0 Å². The zero-order chi connectivity index (χ0) is 13.0. The highest BCUT2D eigenvalue weighted by Gasteiger charge is 2.26. The number of anilines is 1. The molecule has 0 aliphatic carbocycles. The van der Waals surface area contributed by atoms with Gasteiger partial charge < -0.3 is 10.6 Å². The normalized spacial score (nSPS) is 24.3. The van der Waals surface area contributed by atoms with Crippen LogP contribution in [0.25, 0.3) is 0 Å². The first kappa shape index (κ1) is 13.4. The van der Waals surface area contributed by atoms with Gasteiger partial charge in [-0.2, -0.15) is 0 Å². The van der Waals surface area contributed by atoms with Crippen LogP contribution in [0.1, 0.15) is 38.2 Å². The molecule has 1 aromatic rings. The summed E-state index contributed by atoms with van der Waals surface area (Å²) >= 11 is 0. The summed E-state index contributed by atoms with van der Waals surface area (Å²) in [7, 11) is 0. The molecule has 1 heterocycles. The van der Waals surface area contributed by atoms with Crippen LogP contribution in [0.2, 0.25) is 0 Å². The van der Waals surface area contributed by atoms with E-state index in [0.29, 0.717) is 12.0 Å². The minimum atomic E-state index is 0.401. The Morgan fingerprint density at radius 1 is 1.28 bits per heavy atom. The van der Waals surface area contributed by atoms with Crippen molar-refractivity contribution < 1.29 is 0 Å². The van der Waals surface area contributed by atoms with Crippen LogP contribution in [0.5, 0.6) is 0 Å². The van der Waals surface area contributed by atoms with Gasteiger partial charge in [0.25, 0.3) is 0 Å². The van der Waals surface area contributed by atoms with E-state index in [0.717, 1.165) is 19.5 Å². The van der Waals surface area contributed by atoms with Crippen LogP contribution in [-0.2, 0) is 0 Å². The van der Waals surface area contributed by atoms with E-state index in [2.05, 4.69) is 43.0 Å². The summed E-state index contributed by atoms with van der Waals surface area (Å²) in [5, 5.41) is 0. The maximum atomic E-state index is 6.26. The third-order valence-corrected chi connectivity index (χ3v) is 4.12. The highest BCUT2D eigenvalue weighted by atomic mass is 15.1. The standard InChI is InChI=1S/C16H26N2/c1-3-4-5-14-12-18(11-10-16(14)17)15-8-6-13(2)7-9-15/h6-9,14,16H,3-5,10-12,17H2,1-2H3/t14-,16-/m1/s1. The lowest BCUT2D eigenvalue weighted by Gasteiger charge is -2.38. The van der Waals surface area contributed by atoms with Crippen LogP contribution >= 0.6 is 0 Å². The molecule has 0 spiro atoms. The monoisotopic (exact) mass is 246 g/mol. The molecule has 0 unspecified atom stereocenters. The molecule has 0 amide bonds. The smallest absolute Gasteiger partial charge is 0.0366 e. The molecule has 2 atom stereocenters. The molecule has 2 nitrogen and oxygen atoms in total. The van der Waals surface area contributed by atoms with Gasteiger partial charge in [-0.25, -0.2) is 0 Å². The number of hydrogen-bond acceptors (Lipinski definition) is 2. The van der Waals surface area contributed by atoms with E-state index in [9.17, 15) is 0 Å². The summed E-state index contributed by atoms with van der Waals surface area (Å²) in [4.78, 5) is 2.50. The predicted molar refractivity (Wildman–Crippen MR) is 79.0 cm³/mol. The van der Waals surface area contributed by atoms with Gasteiger partial charge in [0.2, 0.25) is 0 Å². The Kier molecular flexibility index (Phi) is 4.65. The Hall–Kier alpha value is -1.02. The maximum Gasteiger partial charge on any atom is 0.0366 e. The lowest BCUT2D eigenvalue weighted by Crippen LogP contribution is -2.47. The van der Waals surface area contributed by atoms with E-state index in [1.807, 2.05) is 0 Å². The maximum absolute atomic E-state index is 6.26. The zero-order valence-corrected chi connectivity index (χ0v) is 11.7. The largest absolute Gasteiger partial charge is 0.371 e. The third kappa shape index (κ3) is 3.26. The van der Waals surface area contributed by atoms with Gasteiger partial charge in [0, 0.05) is 24.8 Å². The van der Waals surface area contributed by atoms with Gasteiger partial charge in [-0.15, -0.1) is 0 Å². The SMILES string of the molecule is CCCC[C@@H]1CN(c2ccc(C)cc2)CC[C@H]1N. The first-order valence-corrected chi connectivity index (χ1v) is 7.28. The second kappa shape index (κ2) is 6.24. The van der Waals surface area contributed by atoms with Gasteiger partial charge in [-0.3, -0.25) is 0 Å². The molecule has 0 bridgehead atoms. The van der Waals surface area contributed by atoms with Crippen molar-refractivity contribution in [3.63, 3.8) is 0 Å². The molecule has 1 aliphatic heterocycles. The Bertz CT molecular complexity index is 358. The lowest BCUT2D eigenvalue weighted by molar-refractivity contribution is 0.330. The fourth-order valence-corrected chi connectivity index (χ4v) is 2.81. The lowest BCUT2D eigenvalue weighted by atomic mass is 9.88. The number of unbranched alkanes of at least 4 members (excludes halogenated alkanes) is 1. The van der Waals surface area contributed by atoms with Crippen molar-refractivity contribution >= 4 is 5.69 Å². The quantitative estimate of drug-likeness (QED) is 0.883. The summed E-state index contributed by atoms with van der Waals surface area (Å²) < 4.78 is 0. The van der Waals surface area contributed by atoms with Crippen molar-refractivity contribution in [3.05, 3.63) is 29.8 Å². The highest BCUT2D eigenvalue weighted by Crippen LogP contribution is 2.25. The highest BCUT2D eigenvalue weighted by molar-refractivity contribution is 5.48. The molecule has 1 fully saturated rings. The van der Waals surface area contributed by atoms with Gasteiger partial charge in [0.15, 0.2) is 0 Å². The molecule has 2 rings (SSSR count). The summed E-state index contributed by atoms with van der Waals surface area (Å²) in [6.07, 6.45) is 4.98. The summed E-state index contributed by atoms with van der Waals surface area (Å²) in [6.45, 7) is 6.63. The van der Waals surface area contributed by atoms with Crippen LogP contribution in [-0.4, -0.2) is 19.1 Å². The Morgan fingerprint density at radius 2 is 2.00 bits per heavy atom. The van der Waals surface area contributed by atoms with E-state index in [1.165, 1.54) is 30.5 Å². The number of aryl methyl sites for hydroxylation is 1. The van der Waals surface area contributed by atoms with Crippen molar-refractivity contribution in [2.24, 2.45) is 11.7 Å². The molecule has 1 aliphatic rings. The number of nitrogens with two attached hydrogens (primary N) is 1. The number of nitrogens with zero attached hydrogens (tertiary/aromatic N) is 1. The van der Waals surface area contributed by atoms with Crippen molar-refractivity contribution in [1.82, 2.24) is 0 Å². The second-order valence-electron chi connectivity index (χ2n) is 5.64. The number of benzene rings is 1. The first-order chi connectivity index (χ1) is 8.70. The zero-order valence-electron chi connectivity index (χ0n) is 11.7. The Morgan fingerprint density at radius 3 is 2.67 bits per heavy atom. The molecule has 0 saturated carbocycles. The van der Waals surface area contributed by atoms with E-state index in [4.69, 9.17) is 5.73 Å². The summed E-state index contributed by atoms with van der Waals surface area (Å²) in [5.41, 5.74) is 8.94. The molecule has 18 heavy (non-hydrogen) atoms. The van der Waals surface area contributed by atoms with Crippen molar-refractivity contribution in [3.8, 4) is 0 Å². The molecular formula is C16H26N2. The molecule has 0 radical (unpaired) electrons. The van der Waals surface area contributed by atoms with Crippen molar-refractivity contribution in [2.75, 3.05) is 18.0 Å². The number of hydrogen-bond donors (Lipinski definition) is 1. The number of piperidine rings is 1. The van der Waals surface area contributed by atoms with Crippen LogP contribution in [0.15, 0.2) is 24.3 Å². The molecular weight excluding hydrogens is 220 g/mol. The van der Waals surface area contributed by atoms with Gasteiger partial charge in [-0.05, 0) is 37.8 Å². The predicted octanol–water partition coefficient (Wildman–Crippen LogP) is 3.34. The Balaban J connectivity index is 2.00. The number of rotatable bonds is 4. The average molecular weight is 246 g/mol. The fraction of sp³-hybridized carbons (Fsp3) is 0.625. The molecule has 100 valence electrons.